The smallest absolute Gasteiger partial charge is 0.272 e. The second kappa shape index (κ2) is 8.74. The van der Waals surface area contributed by atoms with Crippen LogP contribution in [0.4, 0.5) is 0 Å². The van der Waals surface area contributed by atoms with Gasteiger partial charge in [0.15, 0.2) is 15.5 Å². The number of hydrogen-bond donors (Lipinski definition) is 1. The third kappa shape index (κ3) is 4.32. The van der Waals surface area contributed by atoms with E-state index in [9.17, 15) is 13.2 Å². The molecule has 3 aromatic rings. The van der Waals surface area contributed by atoms with Crippen LogP contribution in [-0.4, -0.2) is 43.0 Å². The molecule has 2 aromatic heterocycles. The quantitative estimate of drug-likeness (QED) is 0.533. The van der Waals surface area contributed by atoms with Gasteiger partial charge in [0.25, 0.3) is 5.91 Å². The van der Waals surface area contributed by atoms with Crippen molar-refractivity contribution in [1.29, 1.82) is 0 Å². The lowest BCUT2D eigenvalue weighted by Gasteiger charge is -2.22. The zero-order valence-corrected chi connectivity index (χ0v) is 21.8. The molecule has 0 fully saturated rings. The first kappa shape index (κ1) is 24.3. The third-order valence-corrected chi connectivity index (χ3v) is 8.39. The minimum Gasteiger partial charge on any atom is -0.495 e. The van der Waals surface area contributed by atoms with Gasteiger partial charge in [-0.1, -0.05) is 20.8 Å². The van der Waals surface area contributed by atoms with E-state index in [1.165, 1.54) is 18.4 Å². The highest BCUT2D eigenvalue weighted by molar-refractivity contribution is 7.92. The number of carbonyl (C=O) groups excluding carboxylic acids is 1. The summed E-state index contributed by atoms with van der Waals surface area (Å²) in [5, 5.41) is 10.8. The molecular weight excluding hydrogens is 474 g/mol. The molecule has 0 aliphatic carbocycles. The van der Waals surface area contributed by atoms with Crippen LogP contribution in [0.5, 0.6) is 11.5 Å². The molecule has 1 amide bonds. The van der Waals surface area contributed by atoms with E-state index in [4.69, 9.17) is 9.47 Å². The Balaban J connectivity index is 1.93. The molecule has 8 nitrogen and oxygen atoms in total. The van der Waals surface area contributed by atoms with E-state index >= 15 is 0 Å². The van der Waals surface area contributed by atoms with Crippen LogP contribution in [-0.2, 0) is 16.4 Å². The highest BCUT2D eigenvalue weighted by Crippen LogP contribution is 2.45. The number of hydrogen-bond acceptors (Lipinski definition) is 7. The van der Waals surface area contributed by atoms with Crippen LogP contribution < -0.4 is 14.8 Å². The maximum absolute atomic E-state index is 13.1. The van der Waals surface area contributed by atoms with E-state index in [-0.39, 0.29) is 34.3 Å². The average Bonchev–Trinajstić information content (AvgIpc) is 3.43. The van der Waals surface area contributed by atoms with Gasteiger partial charge in [0.05, 0.1) is 23.7 Å². The number of carbonyl (C=O) groups is 1. The van der Waals surface area contributed by atoms with Gasteiger partial charge in [-0.05, 0) is 36.8 Å². The Kier molecular flexibility index (Phi) is 6.24. The van der Waals surface area contributed by atoms with Crippen molar-refractivity contribution in [3.63, 3.8) is 0 Å². The van der Waals surface area contributed by atoms with Crippen LogP contribution in [0.2, 0.25) is 0 Å². The fourth-order valence-electron chi connectivity index (χ4n) is 3.67. The molecular formula is C24H29N3O5S2. The molecule has 0 saturated heterocycles. The van der Waals surface area contributed by atoms with Gasteiger partial charge in [0.2, 0.25) is 0 Å². The molecule has 0 bridgehead atoms. The Labute approximate surface area is 203 Å². The summed E-state index contributed by atoms with van der Waals surface area (Å²) < 4.78 is 39.3. The van der Waals surface area contributed by atoms with E-state index in [1.54, 1.807) is 30.7 Å². The number of sulfone groups is 1. The number of methoxy groups -OCH3 is 1. The van der Waals surface area contributed by atoms with Crippen molar-refractivity contribution in [2.24, 2.45) is 5.41 Å². The molecule has 0 radical (unpaired) electrons. The van der Waals surface area contributed by atoms with E-state index < -0.39 is 15.1 Å². The van der Waals surface area contributed by atoms with E-state index in [2.05, 4.69) is 10.4 Å². The molecule has 0 saturated carbocycles. The number of aromatic nitrogens is 2. The van der Waals surface area contributed by atoms with Crippen molar-refractivity contribution in [3.05, 3.63) is 40.2 Å². The summed E-state index contributed by atoms with van der Waals surface area (Å²) in [6, 6.07) is 5.07. The van der Waals surface area contributed by atoms with E-state index in [0.29, 0.717) is 29.1 Å². The van der Waals surface area contributed by atoms with Gasteiger partial charge in [0, 0.05) is 29.1 Å². The van der Waals surface area contributed by atoms with Gasteiger partial charge in [-0.25, -0.2) is 13.1 Å². The lowest BCUT2D eigenvalue weighted by atomic mass is 9.97. The molecule has 1 aliphatic heterocycles. The first-order chi connectivity index (χ1) is 15.9. The Morgan fingerprint density at radius 1 is 1.32 bits per heavy atom. The maximum atomic E-state index is 13.1. The second-order valence-electron chi connectivity index (χ2n) is 9.69. The van der Waals surface area contributed by atoms with Crippen LogP contribution in [0.1, 0.15) is 50.7 Å². The van der Waals surface area contributed by atoms with Gasteiger partial charge >= 0.3 is 0 Å². The number of fused-ring (bicyclic) bond motifs is 3. The van der Waals surface area contributed by atoms with Gasteiger partial charge in [0.1, 0.15) is 23.0 Å². The zero-order valence-electron chi connectivity index (χ0n) is 20.1. The topological polar surface area (TPSA) is 99.5 Å². The number of nitrogens with one attached hydrogen (secondary N) is 1. The number of rotatable bonds is 6. The predicted molar refractivity (Wildman–Crippen MR) is 132 cm³/mol. The lowest BCUT2D eigenvalue weighted by molar-refractivity contribution is 0.0931. The van der Waals surface area contributed by atoms with Crippen LogP contribution >= 0.6 is 11.3 Å². The van der Waals surface area contributed by atoms with Gasteiger partial charge in [-0.2, -0.15) is 16.4 Å². The minimum atomic E-state index is -3.64. The SMILES string of the molecule is COc1cc2c(cc1S(=O)(=O)C(C)C)-c1c(c(C(=O)NCC(C)(C)C)nn1-c1ccsc1)CO2. The third-order valence-electron chi connectivity index (χ3n) is 5.55. The van der Waals surface area contributed by atoms with E-state index in [0.717, 1.165) is 5.69 Å². The molecule has 0 atom stereocenters. The van der Waals surface area contributed by atoms with Crippen molar-refractivity contribution in [3.8, 4) is 28.4 Å². The van der Waals surface area contributed by atoms with Crippen LogP contribution in [0.15, 0.2) is 33.9 Å². The summed E-state index contributed by atoms with van der Waals surface area (Å²) in [4.78, 5) is 13.2. The normalized spacial score (nSPS) is 13.3. The minimum absolute atomic E-state index is 0.0806. The van der Waals surface area contributed by atoms with Crippen molar-refractivity contribution in [1.82, 2.24) is 15.1 Å². The Bertz CT molecular complexity index is 1330. The number of ether oxygens (including phenoxy) is 2. The van der Waals surface area contributed by atoms with Gasteiger partial charge < -0.3 is 14.8 Å². The molecule has 1 N–H and O–H groups in total. The van der Waals surface area contributed by atoms with Gasteiger partial charge in [-0.15, -0.1) is 0 Å². The number of thiophene rings is 1. The molecule has 182 valence electrons. The van der Waals surface area contributed by atoms with Crippen LogP contribution in [0.25, 0.3) is 16.9 Å². The van der Waals surface area contributed by atoms with E-state index in [1.807, 2.05) is 37.6 Å². The monoisotopic (exact) mass is 503 g/mol. The number of benzene rings is 1. The first-order valence-electron chi connectivity index (χ1n) is 11.0. The zero-order chi connectivity index (χ0) is 24.8. The average molecular weight is 504 g/mol. The fraction of sp³-hybridized carbons (Fsp3) is 0.417. The van der Waals surface area contributed by atoms with Crippen molar-refractivity contribution < 1.29 is 22.7 Å². The molecule has 0 unspecified atom stereocenters. The first-order valence-corrected chi connectivity index (χ1v) is 13.4. The molecule has 34 heavy (non-hydrogen) atoms. The summed E-state index contributed by atoms with van der Waals surface area (Å²) in [6.45, 7) is 9.98. The maximum Gasteiger partial charge on any atom is 0.272 e. The number of amides is 1. The largest absolute Gasteiger partial charge is 0.495 e. The Morgan fingerprint density at radius 2 is 2.06 bits per heavy atom. The van der Waals surface area contributed by atoms with Crippen molar-refractivity contribution in [2.75, 3.05) is 13.7 Å². The summed E-state index contributed by atoms with van der Waals surface area (Å²) in [5.41, 5.74) is 2.76. The standard InChI is InChI=1S/C24H29N3O5S2/c1-14(2)34(29,30)20-9-16-18(10-19(20)31-6)32-11-17-21(23(28)25-13-24(3,4)5)26-27(22(16)17)15-7-8-33-12-15/h7-10,12,14H,11,13H2,1-6H3,(H,25,28). The summed E-state index contributed by atoms with van der Waals surface area (Å²) in [7, 11) is -2.21. The summed E-state index contributed by atoms with van der Waals surface area (Å²) in [5.74, 6) is 0.404. The molecule has 0 spiro atoms. The van der Waals surface area contributed by atoms with Gasteiger partial charge in [-0.3, -0.25) is 4.79 Å². The van der Waals surface area contributed by atoms with Crippen LogP contribution in [0.3, 0.4) is 0 Å². The molecule has 10 heteroatoms. The van der Waals surface area contributed by atoms with Crippen molar-refractivity contribution >= 4 is 27.1 Å². The fourth-order valence-corrected chi connectivity index (χ4v) is 5.50. The molecule has 1 aliphatic rings. The molecule has 3 heterocycles. The lowest BCUT2D eigenvalue weighted by Crippen LogP contribution is -2.33. The highest BCUT2D eigenvalue weighted by Gasteiger charge is 2.34. The second-order valence-corrected chi connectivity index (χ2v) is 12.9. The highest BCUT2D eigenvalue weighted by atomic mass is 32.2. The molecule has 1 aromatic carbocycles. The van der Waals surface area contributed by atoms with Crippen LogP contribution in [0, 0.1) is 5.41 Å². The number of nitrogens with zero attached hydrogens (tertiary/aromatic N) is 2. The Morgan fingerprint density at radius 3 is 2.65 bits per heavy atom. The van der Waals surface area contributed by atoms with Crippen molar-refractivity contribution in [2.45, 2.75) is 51.4 Å². The molecule has 4 rings (SSSR count). The Hall–Kier alpha value is -2.85. The summed E-state index contributed by atoms with van der Waals surface area (Å²) in [6.07, 6.45) is 0. The summed E-state index contributed by atoms with van der Waals surface area (Å²) >= 11 is 1.51. The predicted octanol–water partition coefficient (Wildman–Crippen LogP) is 4.46.